The predicted octanol–water partition coefficient (Wildman–Crippen LogP) is 4.21. The van der Waals surface area contributed by atoms with E-state index in [9.17, 15) is 35.6 Å². The van der Waals surface area contributed by atoms with Gasteiger partial charge in [-0.3, -0.25) is 9.59 Å². The van der Waals surface area contributed by atoms with Crippen LogP contribution in [0, 0.1) is 5.82 Å². The molecule has 2 atom stereocenters. The second-order valence-corrected chi connectivity index (χ2v) is 10.1. The van der Waals surface area contributed by atoms with E-state index in [0.29, 0.717) is 12.5 Å². The minimum Gasteiger partial charge on any atom is -0.342 e. The van der Waals surface area contributed by atoms with Crippen molar-refractivity contribution < 1.29 is 35.6 Å². The molecule has 0 saturated carbocycles. The minimum atomic E-state index is -4.74. The molecule has 3 aromatic rings. The number of hydrogen-bond acceptors (Lipinski definition) is 4. The Balaban J connectivity index is 1.75. The molecule has 0 heterocycles. The first kappa shape index (κ1) is 28.0. The van der Waals surface area contributed by atoms with Crippen LogP contribution in [-0.2, 0) is 27.7 Å². The molecule has 11 heteroatoms. The van der Waals surface area contributed by atoms with E-state index in [4.69, 9.17) is 0 Å². The van der Waals surface area contributed by atoms with Crippen LogP contribution in [0.5, 0.6) is 0 Å². The van der Waals surface area contributed by atoms with Crippen LogP contribution in [0.1, 0.15) is 28.4 Å². The van der Waals surface area contributed by atoms with Crippen LogP contribution < -0.4 is 10.0 Å². The highest BCUT2D eigenvalue weighted by atomic mass is 32.2. The number of benzene rings is 3. The van der Waals surface area contributed by atoms with Gasteiger partial charge >= 0.3 is 6.18 Å². The SMILES string of the molecule is C[C@H](NS(=O)(=O)c1ccc(CC(=O)[C@H](Cc2ccccc2)NC(=O)c2ccc(F)cc2)cc1)C(F)(F)F. The van der Waals surface area contributed by atoms with E-state index < -0.39 is 40.0 Å². The number of sulfonamides is 1. The monoisotopic (exact) mass is 536 g/mol. The molecule has 0 bridgehead atoms. The van der Waals surface area contributed by atoms with Crippen molar-refractivity contribution >= 4 is 21.7 Å². The van der Waals surface area contributed by atoms with E-state index in [2.05, 4.69) is 5.32 Å². The molecule has 6 nitrogen and oxygen atoms in total. The Bertz CT molecular complexity index is 1330. The third-order valence-electron chi connectivity index (χ3n) is 5.52. The molecule has 0 aliphatic heterocycles. The lowest BCUT2D eigenvalue weighted by molar-refractivity contribution is -0.147. The van der Waals surface area contributed by atoms with Gasteiger partial charge in [-0.2, -0.15) is 17.9 Å². The van der Waals surface area contributed by atoms with Gasteiger partial charge in [-0.25, -0.2) is 12.8 Å². The van der Waals surface area contributed by atoms with Crippen molar-refractivity contribution in [2.45, 2.75) is 42.9 Å². The van der Waals surface area contributed by atoms with E-state index >= 15 is 0 Å². The van der Waals surface area contributed by atoms with Gasteiger partial charge in [-0.15, -0.1) is 0 Å². The molecule has 0 fully saturated rings. The predicted molar refractivity (Wildman–Crippen MR) is 129 cm³/mol. The zero-order valence-corrected chi connectivity index (χ0v) is 20.4. The summed E-state index contributed by atoms with van der Waals surface area (Å²) in [5.41, 5.74) is 1.36. The Morgan fingerprint density at radius 1 is 0.865 bits per heavy atom. The first-order valence-electron chi connectivity index (χ1n) is 11.2. The summed E-state index contributed by atoms with van der Waals surface area (Å²) in [4.78, 5) is 25.4. The molecule has 0 radical (unpaired) electrons. The summed E-state index contributed by atoms with van der Waals surface area (Å²) < 4.78 is 77.5. The molecule has 0 unspecified atom stereocenters. The maximum Gasteiger partial charge on any atom is 0.404 e. The summed E-state index contributed by atoms with van der Waals surface area (Å²) in [6.07, 6.45) is -4.74. The van der Waals surface area contributed by atoms with Gasteiger partial charge in [0, 0.05) is 12.0 Å². The van der Waals surface area contributed by atoms with Crippen molar-refractivity contribution in [3.63, 3.8) is 0 Å². The lowest BCUT2D eigenvalue weighted by atomic mass is 9.97. The highest BCUT2D eigenvalue weighted by Gasteiger charge is 2.38. The van der Waals surface area contributed by atoms with Crippen LogP contribution in [0.25, 0.3) is 0 Å². The lowest BCUT2D eigenvalue weighted by Crippen LogP contribution is -2.43. The van der Waals surface area contributed by atoms with Crippen molar-refractivity contribution in [3.8, 4) is 0 Å². The van der Waals surface area contributed by atoms with Crippen LogP contribution in [0.4, 0.5) is 17.6 Å². The second kappa shape index (κ2) is 11.7. The molecule has 0 aromatic heterocycles. The molecule has 3 rings (SSSR count). The van der Waals surface area contributed by atoms with Gasteiger partial charge in [0.2, 0.25) is 10.0 Å². The molecule has 1 amide bonds. The van der Waals surface area contributed by atoms with Gasteiger partial charge in [0.25, 0.3) is 5.91 Å². The Morgan fingerprint density at radius 3 is 2.03 bits per heavy atom. The Morgan fingerprint density at radius 2 is 1.46 bits per heavy atom. The zero-order chi connectivity index (χ0) is 27.2. The number of ketones is 1. The quantitative estimate of drug-likeness (QED) is 0.380. The van der Waals surface area contributed by atoms with E-state index in [1.807, 2.05) is 0 Å². The fraction of sp³-hybridized carbons (Fsp3) is 0.231. The maximum absolute atomic E-state index is 13.2. The highest BCUT2D eigenvalue weighted by molar-refractivity contribution is 7.89. The lowest BCUT2D eigenvalue weighted by Gasteiger charge is -2.19. The van der Waals surface area contributed by atoms with Crippen molar-refractivity contribution in [2.24, 2.45) is 0 Å². The van der Waals surface area contributed by atoms with E-state index in [0.717, 1.165) is 29.8 Å². The highest BCUT2D eigenvalue weighted by Crippen LogP contribution is 2.22. The van der Waals surface area contributed by atoms with Gasteiger partial charge in [-0.05, 0) is 60.9 Å². The second-order valence-electron chi connectivity index (χ2n) is 8.39. The van der Waals surface area contributed by atoms with E-state index in [1.165, 1.54) is 24.3 Å². The first-order chi connectivity index (χ1) is 17.3. The number of rotatable bonds is 10. The van der Waals surface area contributed by atoms with Gasteiger partial charge in [0.1, 0.15) is 11.9 Å². The van der Waals surface area contributed by atoms with Crippen molar-refractivity contribution in [3.05, 3.63) is 101 Å². The molecule has 0 aliphatic carbocycles. The molecule has 3 aromatic carbocycles. The topological polar surface area (TPSA) is 92.3 Å². The number of nitrogens with one attached hydrogen (secondary N) is 2. The zero-order valence-electron chi connectivity index (χ0n) is 19.6. The summed E-state index contributed by atoms with van der Waals surface area (Å²) in [7, 11) is -4.43. The summed E-state index contributed by atoms with van der Waals surface area (Å²) >= 11 is 0. The molecule has 0 saturated heterocycles. The molecular weight excluding hydrogens is 512 g/mol. The van der Waals surface area contributed by atoms with Crippen LogP contribution in [0.3, 0.4) is 0 Å². The molecule has 2 N–H and O–H groups in total. The Labute approximate surface area is 211 Å². The average molecular weight is 537 g/mol. The molecule has 0 spiro atoms. The first-order valence-corrected chi connectivity index (χ1v) is 12.6. The summed E-state index contributed by atoms with van der Waals surface area (Å²) in [6, 6.07) is 15.4. The fourth-order valence-corrected chi connectivity index (χ4v) is 4.65. The summed E-state index contributed by atoms with van der Waals surface area (Å²) in [6.45, 7) is 0.692. The molecular formula is C26H24F4N2O4S. The van der Waals surface area contributed by atoms with Crippen LogP contribution in [0.2, 0.25) is 0 Å². The number of carbonyl (C=O) groups excluding carboxylic acids is 2. The third kappa shape index (κ3) is 7.96. The van der Waals surface area contributed by atoms with E-state index in [-0.39, 0.29) is 29.1 Å². The van der Waals surface area contributed by atoms with Gasteiger partial charge in [-0.1, -0.05) is 42.5 Å². The number of Topliss-reactive ketones (excluding diaryl/α,β-unsaturated/α-hetero) is 1. The smallest absolute Gasteiger partial charge is 0.342 e. The molecule has 196 valence electrons. The maximum atomic E-state index is 13.2. The average Bonchev–Trinajstić information content (AvgIpc) is 2.84. The Kier molecular flexibility index (Phi) is 8.82. The Hall–Kier alpha value is -3.57. The standard InChI is InChI=1S/C26H24F4N2O4S/c1-17(26(28,29)30)32-37(35,36)22-13-7-19(8-14-22)16-24(33)23(15-18-5-3-2-4-6-18)31-25(34)20-9-11-21(27)12-10-20/h2-14,17,23,32H,15-16H2,1H3,(H,31,34)/t17-,23-/m0/s1. The van der Waals surface area contributed by atoms with Gasteiger partial charge in [0.15, 0.2) is 5.78 Å². The number of amides is 1. The number of hydrogen-bond donors (Lipinski definition) is 2. The van der Waals surface area contributed by atoms with Crippen molar-refractivity contribution in [2.75, 3.05) is 0 Å². The summed E-state index contributed by atoms with van der Waals surface area (Å²) in [5, 5.41) is 2.67. The fourth-order valence-electron chi connectivity index (χ4n) is 3.42. The van der Waals surface area contributed by atoms with Gasteiger partial charge < -0.3 is 5.32 Å². The van der Waals surface area contributed by atoms with Crippen molar-refractivity contribution in [1.82, 2.24) is 10.0 Å². The number of carbonyl (C=O) groups is 2. The minimum absolute atomic E-state index is 0.169. The number of alkyl halides is 3. The number of halogens is 4. The van der Waals surface area contributed by atoms with Crippen LogP contribution in [0.15, 0.2) is 83.8 Å². The van der Waals surface area contributed by atoms with Crippen molar-refractivity contribution in [1.29, 1.82) is 0 Å². The third-order valence-corrected chi connectivity index (χ3v) is 7.07. The van der Waals surface area contributed by atoms with Gasteiger partial charge in [0.05, 0.1) is 10.9 Å². The van der Waals surface area contributed by atoms with Crippen LogP contribution >= 0.6 is 0 Å². The van der Waals surface area contributed by atoms with E-state index in [1.54, 1.807) is 35.1 Å². The normalized spacial score (nSPS) is 13.5. The largest absolute Gasteiger partial charge is 0.404 e. The molecule has 0 aliphatic rings. The summed E-state index contributed by atoms with van der Waals surface area (Å²) in [5.74, 6) is -1.46. The molecule has 37 heavy (non-hydrogen) atoms. The van der Waals surface area contributed by atoms with Crippen LogP contribution in [-0.4, -0.2) is 38.4 Å².